The summed E-state index contributed by atoms with van der Waals surface area (Å²) < 4.78 is 0. The molecule has 2 nitrogen and oxygen atoms in total. The van der Waals surface area contributed by atoms with Crippen LogP contribution in [0, 0.1) is 18.3 Å². The monoisotopic (exact) mass is 234 g/mol. The minimum Gasteiger partial charge on any atom is -0.243 e. The zero-order valence-electron chi connectivity index (χ0n) is 7.99. The molecule has 0 fully saturated rings. The lowest BCUT2D eigenvalue weighted by atomic mass is 10.0. The van der Waals surface area contributed by atoms with Gasteiger partial charge in [0.15, 0.2) is 0 Å². The predicted octanol–water partition coefficient (Wildman–Crippen LogP) is 3.64. The Balaban J connectivity index is 2.76. The van der Waals surface area contributed by atoms with Gasteiger partial charge < -0.3 is 0 Å². The minimum absolute atomic E-state index is 0.270. The normalized spacial score (nSPS) is 9.93. The largest absolute Gasteiger partial charge is 0.243 e. The molecule has 0 unspecified atom stereocenters. The van der Waals surface area contributed by atoms with E-state index >= 15 is 0 Å². The number of thiophene rings is 1. The third kappa shape index (κ3) is 1.74. The summed E-state index contributed by atoms with van der Waals surface area (Å²) in [5, 5.41) is 11.3. The number of aryl methyl sites for hydroxylation is 1. The van der Waals surface area contributed by atoms with Crippen LogP contribution in [0.15, 0.2) is 23.7 Å². The van der Waals surface area contributed by atoms with Crippen LogP contribution in [-0.4, -0.2) is 4.98 Å². The van der Waals surface area contributed by atoms with E-state index in [0.29, 0.717) is 5.56 Å². The second kappa shape index (κ2) is 4.01. The lowest BCUT2D eigenvalue weighted by Crippen LogP contribution is -1.91. The highest BCUT2D eigenvalue weighted by Crippen LogP contribution is 2.33. The van der Waals surface area contributed by atoms with Gasteiger partial charge in [-0.25, -0.2) is 4.98 Å². The van der Waals surface area contributed by atoms with E-state index in [1.807, 2.05) is 24.4 Å². The molecule has 0 saturated heterocycles. The SMILES string of the molecule is Cc1cnc(Cl)c(C#N)c1-c1cccs1. The minimum atomic E-state index is 0.270. The van der Waals surface area contributed by atoms with Gasteiger partial charge in [-0.2, -0.15) is 5.26 Å². The van der Waals surface area contributed by atoms with E-state index in [0.717, 1.165) is 16.0 Å². The standard InChI is InChI=1S/C11H7ClN2S/c1-7-6-14-11(12)8(5-13)10(7)9-3-2-4-15-9/h2-4,6H,1H3. The Morgan fingerprint density at radius 1 is 1.53 bits per heavy atom. The summed E-state index contributed by atoms with van der Waals surface area (Å²) in [4.78, 5) is 5.02. The van der Waals surface area contributed by atoms with Gasteiger partial charge in [-0.05, 0) is 23.9 Å². The molecule has 2 heterocycles. The topological polar surface area (TPSA) is 36.7 Å². The Labute approximate surface area is 96.8 Å². The first-order valence-corrected chi connectivity index (χ1v) is 5.59. The Hall–Kier alpha value is -1.37. The van der Waals surface area contributed by atoms with Crippen LogP contribution in [-0.2, 0) is 0 Å². The van der Waals surface area contributed by atoms with E-state index in [1.54, 1.807) is 17.5 Å². The molecule has 2 aromatic rings. The number of pyridine rings is 1. The van der Waals surface area contributed by atoms with E-state index in [2.05, 4.69) is 11.1 Å². The van der Waals surface area contributed by atoms with E-state index in [4.69, 9.17) is 16.9 Å². The van der Waals surface area contributed by atoms with Crippen LogP contribution in [0.4, 0.5) is 0 Å². The summed E-state index contributed by atoms with van der Waals surface area (Å²) in [6, 6.07) is 6.03. The molecule has 0 radical (unpaired) electrons. The zero-order valence-corrected chi connectivity index (χ0v) is 9.56. The molecule has 2 rings (SSSR count). The third-order valence-corrected chi connectivity index (χ3v) is 3.28. The number of rotatable bonds is 1. The molecule has 0 aromatic carbocycles. The maximum atomic E-state index is 9.05. The van der Waals surface area contributed by atoms with Crippen molar-refractivity contribution >= 4 is 22.9 Å². The average Bonchev–Trinajstić information content (AvgIpc) is 2.74. The maximum Gasteiger partial charge on any atom is 0.147 e. The molecule has 0 aliphatic rings. The van der Waals surface area contributed by atoms with Crippen LogP contribution in [0.2, 0.25) is 5.15 Å². The predicted molar refractivity (Wildman–Crippen MR) is 62.0 cm³/mol. The van der Waals surface area contributed by atoms with Gasteiger partial charge in [-0.1, -0.05) is 17.7 Å². The summed E-state index contributed by atoms with van der Waals surface area (Å²) in [6.07, 6.45) is 1.69. The van der Waals surface area contributed by atoms with E-state index < -0.39 is 0 Å². The molecule has 2 aromatic heterocycles. The molecule has 0 aliphatic heterocycles. The van der Waals surface area contributed by atoms with Crippen LogP contribution >= 0.6 is 22.9 Å². The van der Waals surface area contributed by atoms with Gasteiger partial charge in [0.25, 0.3) is 0 Å². The van der Waals surface area contributed by atoms with Crippen LogP contribution < -0.4 is 0 Å². The number of hydrogen-bond donors (Lipinski definition) is 0. The van der Waals surface area contributed by atoms with Gasteiger partial charge in [-0.15, -0.1) is 11.3 Å². The summed E-state index contributed by atoms with van der Waals surface area (Å²) in [5.74, 6) is 0. The lowest BCUT2D eigenvalue weighted by Gasteiger charge is -2.06. The van der Waals surface area contributed by atoms with Crippen molar-refractivity contribution in [2.75, 3.05) is 0 Å². The van der Waals surface area contributed by atoms with Gasteiger partial charge >= 0.3 is 0 Å². The van der Waals surface area contributed by atoms with Gasteiger partial charge in [0.2, 0.25) is 0 Å². The van der Waals surface area contributed by atoms with Crippen molar-refractivity contribution < 1.29 is 0 Å². The van der Waals surface area contributed by atoms with Crippen LogP contribution in [0.3, 0.4) is 0 Å². The second-order valence-electron chi connectivity index (χ2n) is 3.07. The lowest BCUT2D eigenvalue weighted by molar-refractivity contribution is 1.25. The molecule has 4 heteroatoms. The summed E-state index contributed by atoms with van der Waals surface area (Å²) in [6.45, 7) is 1.93. The molecule has 0 N–H and O–H groups in total. The fourth-order valence-corrected chi connectivity index (χ4v) is 2.45. The van der Waals surface area contributed by atoms with Crippen LogP contribution in [0.1, 0.15) is 11.1 Å². The summed E-state index contributed by atoms with van der Waals surface area (Å²) in [5.41, 5.74) is 2.32. The number of halogens is 1. The molecule has 0 spiro atoms. The highest BCUT2D eigenvalue weighted by molar-refractivity contribution is 7.13. The van der Waals surface area contributed by atoms with E-state index in [9.17, 15) is 0 Å². The summed E-state index contributed by atoms with van der Waals surface area (Å²) >= 11 is 7.48. The molecule has 74 valence electrons. The fraction of sp³-hybridized carbons (Fsp3) is 0.0909. The van der Waals surface area contributed by atoms with Gasteiger partial charge in [0.1, 0.15) is 11.2 Å². The van der Waals surface area contributed by atoms with Crippen LogP contribution in [0.5, 0.6) is 0 Å². The van der Waals surface area contributed by atoms with Gasteiger partial charge in [-0.3, -0.25) is 0 Å². The Kier molecular flexibility index (Phi) is 2.72. The van der Waals surface area contributed by atoms with Crippen molar-refractivity contribution in [2.24, 2.45) is 0 Å². The first-order valence-electron chi connectivity index (χ1n) is 4.33. The molecule has 0 bridgehead atoms. The van der Waals surface area contributed by atoms with Crippen LogP contribution in [0.25, 0.3) is 10.4 Å². The average molecular weight is 235 g/mol. The molecule has 0 saturated carbocycles. The Bertz CT molecular complexity index is 526. The van der Waals surface area contributed by atoms with Crippen molar-refractivity contribution in [1.82, 2.24) is 4.98 Å². The highest BCUT2D eigenvalue weighted by atomic mass is 35.5. The smallest absolute Gasteiger partial charge is 0.147 e. The van der Waals surface area contributed by atoms with E-state index in [-0.39, 0.29) is 5.15 Å². The number of nitrogens with zero attached hydrogens (tertiary/aromatic N) is 2. The van der Waals surface area contributed by atoms with Crippen molar-refractivity contribution in [3.63, 3.8) is 0 Å². The molecule has 0 aliphatic carbocycles. The van der Waals surface area contributed by atoms with Crippen molar-refractivity contribution in [1.29, 1.82) is 5.26 Å². The Morgan fingerprint density at radius 3 is 2.93 bits per heavy atom. The third-order valence-electron chi connectivity index (χ3n) is 2.10. The van der Waals surface area contributed by atoms with Gasteiger partial charge in [0.05, 0.1) is 5.56 Å². The molecular formula is C11H7ClN2S. The first-order chi connectivity index (χ1) is 7.24. The van der Waals surface area contributed by atoms with Crippen molar-refractivity contribution in [3.8, 4) is 16.5 Å². The Morgan fingerprint density at radius 2 is 2.33 bits per heavy atom. The fourth-order valence-electron chi connectivity index (χ4n) is 1.42. The van der Waals surface area contributed by atoms with Crippen molar-refractivity contribution in [2.45, 2.75) is 6.92 Å². The second-order valence-corrected chi connectivity index (χ2v) is 4.38. The number of aromatic nitrogens is 1. The number of hydrogen-bond acceptors (Lipinski definition) is 3. The van der Waals surface area contributed by atoms with Crippen molar-refractivity contribution in [3.05, 3.63) is 40.0 Å². The highest BCUT2D eigenvalue weighted by Gasteiger charge is 2.13. The molecule has 0 atom stereocenters. The zero-order chi connectivity index (χ0) is 10.8. The molecular weight excluding hydrogens is 228 g/mol. The quantitative estimate of drug-likeness (QED) is 0.707. The van der Waals surface area contributed by atoms with E-state index in [1.165, 1.54) is 0 Å². The summed E-state index contributed by atoms with van der Waals surface area (Å²) in [7, 11) is 0. The first kappa shape index (κ1) is 10.2. The van der Waals surface area contributed by atoms with Gasteiger partial charge in [0, 0.05) is 16.6 Å². The number of nitriles is 1. The molecule has 15 heavy (non-hydrogen) atoms. The maximum absolute atomic E-state index is 9.05. The molecule has 0 amide bonds.